The quantitative estimate of drug-likeness (QED) is 0.779. The van der Waals surface area contributed by atoms with E-state index in [9.17, 15) is 9.59 Å². The van der Waals surface area contributed by atoms with Crippen molar-refractivity contribution in [2.75, 3.05) is 26.2 Å². The van der Waals surface area contributed by atoms with E-state index >= 15 is 0 Å². The Morgan fingerprint density at radius 2 is 1.81 bits per heavy atom. The molecule has 2 N–H and O–H groups in total. The van der Waals surface area contributed by atoms with Crippen molar-refractivity contribution in [3.63, 3.8) is 0 Å². The number of carbonyl (C=O) groups is 2. The smallest absolute Gasteiger partial charge is 0.317 e. The fourth-order valence-corrected chi connectivity index (χ4v) is 2.97. The molecule has 21 heavy (non-hydrogen) atoms. The summed E-state index contributed by atoms with van der Waals surface area (Å²) in [5.74, 6) is -1.25. The van der Waals surface area contributed by atoms with Crippen molar-refractivity contribution in [2.24, 2.45) is 11.8 Å². The summed E-state index contributed by atoms with van der Waals surface area (Å²) in [6.45, 7) is 12.6. The number of hydrogen-bond acceptors (Lipinski definition) is 3. The van der Waals surface area contributed by atoms with Gasteiger partial charge < -0.3 is 15.3 Å². The highest BCUT2D eigenvalue weighted by Crippen LogP contribution is 2.22. The summed E-state index contributed by atoms with van der Waals surface area (Å²) in [6.07, 6.45) is 0. The fourth-order valence-electron chi connectivity index (χ4n) is 2.97. The Labute approximate surface area is 127 Å². The van der Waals surface area contributed by atoms with Crippen LogP contribution in [-0.4, -0.2) is 65.2 Å². The summed E-state index contributed by atoms with van der Waals surface area (Å²) < 4.78 is 0. The summed E-state index contributed by atoms with van der Waals surface area (Å²) in [6, 6.07) is 0.716. The first-order chi connectivity index (χ1) is 9.73. The molecule has 0 aromatic heterocycles. The van der Waals surface area contributed by atoms with Gasteiger partial charge >= 0.3 is 12.0 Å². The number of hydrogen-bond donors (Lipinski definition) is 2. The average Bonchev–Trinajstić information content (AvgIpc) is 2.75. The van der Waals surface area contributed by atoms with E-state index in [1.165, 1.54) is 0 Å². The van der Waals surface area contributed by atoms with Crippen molar-refractivity contribution in [3.8, 4) is 0 Å². The van der Waals surface area contributed by atoms with Crippen LogP contribution in [0.5, 0.6) is 0 Å². The SMILES string of the molecule is CC(C)N(CCNC(=O)N1C[C@@H](C)[C@H](C(=O)O)C1)C(C)C. The van der Waals surface area contributed by atoms with Gasteiger partial charge in [-0.2, -0.15) is 0 Å². The first kappa shape index (κ1) is 17.8. The molecule has 0 spiro atoms. The Kier molecular flexibility index (Phi) is 6.45. The predicted molar refractivity (Wildman–Crippen MR) is 82.2 cm³/mol. The molecule has 1 saturated heterocycles. The van der Waals surface area contributed by atoms with E-state index in [1.54, 1.807) is 4.90 Å². The van der Waals surface area contributed by atoms with Crippen LogP contribution in [0.3, 0.4) is 0 Å². The number of likely N-dealkylation sites (tertiary alicyclic amines) is 1. The van der Waals surface area contributed by atoms with Crippen LogP contribution in [0.4, 0.5) is 4.79 Å². The lowest BCUT2D eigenvalue weighted by Crippen LogP contribution is -2.45. The van der Waals surface area contributed by atoms with Crippen molar-refractivity contribution in [1.29, 1.82) is 0 Å². The molecular formula is C15H29N3O3. The highest BCUT2D eigenvalue weighted by molar-refractivity contribution is 5.77. The number of rotatable bonds is 6. The van der Waals surface area contributed by atoms with E-state index in [4.69, 9.17) is 5.11 Å². The Morgan fingerprint density at radius 1 is 1.24 bits per heavy atom. The van der Waals surface area contributed by atoms with E-state index in [1.807, 2.05) is 6.92 Å². The summed E-state index contributed by atoms with van der Waals surface area (Å²) in [4.78, 5) is 27.1. The van der Waals surface area contributed by atoms with Gasteiger partial charge in [0.05, 0.1) is 5.92 Å². The molecule has 0 unspecified atom stereocenters. The zero-order valence-corrected chi connectivity index (χ0v) is 13.8. The summed E-state index contributed by atoms with van der Waals surface area (Å²) in [5, 5.41) is 12.0. The van der Waals surface area contributed by atoms with Gasteiger partial charge in [-0.25, -0.2) is 4.79 Å². The normalized spacial score (nSPS) is 22.4. The number of nitrogens with one attached hydrogen (secondary N) is 1. The van der Waals surface area contributed by atoms with Gasteiger partial charge in [-0.3, -0.25) is 9.69 Å². The molecule has 0 bridgehead atoms. The summed E-state index contributed by atoms with van der Waals surface area (Å²) in [5.41, 5.74) is 0. The number of urea groups is 1. The third kappa shape index (κ3) is 4.88. The minimum Gasteiger partial charge on any atom is -0.481 e. The number of carboxylic acids is 1. The molecule has 1 rings (SSSR count). The zero-order valence-electron chi connectivity index (χ0n) is 13.8. The molecule has 0 saturated carbocycles. The maximum absolute atomic E-state index is 12.1. The largest absolute Gasteiger partial charge is 0.481 e. The maximum atomic E-state index is 12.1. The third-order valence-electron chi connectivity index (χ3n) is 4.19. The number of amides is 2. The van der Waals surface area contributed by atoms with E-state index in [-0.39, 0.29) is 11.9 Å². The second-order valence-corrected chi connectivity index (χ2v) is 6.48. The van der Waals surface area contributed by atoms with Gasteiger partial charge in [0.25, 0.3) is 0 Å². The lowest BCUT2D eigenvalue weighted by Gasteiger charge is -2.30. The van der Waals surface area contributed by atoms with Crippen LogP contribution in [0.1, 0.15) is 34.6 Å². The first-order valence-electron chi connectivity index (χ1n) is 7.75. The van der Waals surface area contributed by atoms with Gasteiger partial charge in [0.15, 0.2) is 0 Å². The maximum Gasteiger partial charge on any atom is 0.317 e. The Balaban J connectivity index is 2.40. The van der Waals surface area contributed by atoms with Crippen molar-refractivity contribution < 1.29 is 14.7 Å². The van der Waals surface area contributed by atoms with Gasteiger partial charge in [-0.05, 0) is 33.6 Å². The zero-order chi connectivity index (χ0) is 16.2. The molecule has 1 fully saturated rings. The van der Waals surface area contributed by atoms with Crippen LogP contribution in [-0.2, 0) is 4.79 Å². The van der Waals surface area contributed by atoms with Crippen LogP contribution in [0.25, 0.3) is 0 Å². The molecule has 1 heterocycles. The lowest BCUT2D eigenvalue weighted by atomic mass is 9.99. The van der Waals surface area contributed by atoms with Crippen molar-refractivity contribution in [2.45, 2.75) is 46.7 Å². The topological polar surface area (TPSA) is 72.9 Å². The third-order valence-corrected chi connectivity index (χ3v) is 4.19. The molecule has 0 aromatic carbocycles. The monoisotopic (exact) mass is 299 g/mol. The molecule has 0 aromatic rings. The number of aliphatic carboxylic acids is 1. The van der Waals surface area contributed by atoms with Gasteiger partial charge in [0, 0.05) is 38.3 Å². The average molecular weight is 299 g/mol. The Hall–Kier alpha value is -1.30. The molecule has 2 amide bonds. The molecule has 0 radical (unpaired) electrons. The van der Waals surface area contributed by atoms with Gasteiger partial charge in [0.2, 0.25) is 0 Å². The van der Waals surface area contributed by atoms with Gasteiger partial charge in [0.1, 0.15) is 0 Å². The van der Waals surface area contributed by atoms with Crippen molar-refractivity contribution >= 4 is 12.0 Å². The number of carbonyl (C=O) groups excluding carboxylic acids is 1. The highest BCUT2D eigenvalue weighted by atomic mass is 16.4. The minimum atomic E-state index is -0.816. The molecule has 6 nitrogen and oxygen atoms in total. The van der Waals surface area contributed by atoms with Crippen LogP contribution >= 0.6 is 0 Å². The van der Waals surface area contributed by atoms with Crippen LogP contribution in [0.15, 0.2) is 0 Å². The molecular weight excluding hydrogens is 270 g/mol. The molecule has 0 aliphatic carbocycles. The fraction of sp³-hybridized carbons (Fsp3) is 0.867. The summed E-state index contributed by atoms with van der Waals surface area (Å²) in [7, 11) is 0. The van der Waals surface area contributed by atoms with Crippen LogP contribution < -0.4 is 5.32 Å². The van der Waals surface area contributed by atoms with E-state index < -0.39 is 11.9 Å². The highest BCUT2D eigenvalue weighted by Gasteiger charge is 2.36. The van der Waals surface area contributed by atoms with E-state index in [0.717, 1.165) is 6.54 Å². The molecule has 1 aliphatic rings. The lowest BCUT2D eigenvalue weighted by molar-refractivity contribution is -0.142. The second-order valence-electron chi connectivity index (χ2n) is 6.48. The number of nitrogens with zero attached hydrogens (tertiary/aromatic N) is 2. The van der Waals surface area contributed by atoms with Crippen LogP contribution in [0.2, 0.25) is 0 Å². The minimum absolute atomic E-state index is 0.0103. The van der Waals surface area contributed by atoms with Crippen LogP contribution in [0, 0.1) is 11.8 Å². The number of carboxylic acid groups (broad SMARTS) is 1. The molecule has 122 valence electrons. The van der Waals surface area contributed by atoms with Crippen molar-refractivity contribution in [1.82, 2.24) is 15.1 Å². The standard InChI is InChI=1S/C15H29N3O3/c1-10(2)18(11(3)4)7-6-16-15(21)17-8-12(5)13(9-17)14(19)20/h10-13H,6-9H2,1-5H3,(H,16,21)(H,19,20)/t12-,13-/m1/s1. The first-order valence-corrected chi connectivity index (χ1v) is 7.75. The van der Waals surface area contributed by atoms with Crippen molar-refractivity contribution in [3.05, 3.63) is 0 Å². The van der Waals surface area contributed by atoms with Gasteiger partial charge in [-0.1, -0.05) is 6.92 Å². The Morgan fingerprint density at radius 3 is 2.24 bits per heavy atom. The van der Waals surface area contributed by atoms with Gasteiger partial charge in [-0.15, -0.1) is 0 Å². The molecule has 6 heteroatoms. The van der Waals surface area contributed by atoms with E-state index in [0.29, 0.717) is 31.7 Å². The van der Waals surface area contributed by atoms with E-state index in [2.05, 4.69) is 37.9 Å². The molecule has 1 aliphatic heterocycles. The predicted octanol–water partition coefficient (Wildman–Crippen LogP) is 1.47. The molecule has 2 atom stereocenters. The Bertz CT molecular complexity index is 363. The summed E-state index contributed by atoms with van der Waals surface area (Å²) >= 11 is 0. The second kappa shape index (κ2) is 7.64.